The molecule has 0 aliphatic rings. The number of carbonyl (C=O) groups excluding carboxylic acids is 1. The highest BCUT2D eigenvalue weighted by molar-refractivity contribution is 5.92. The fourth-order valence-electron chi connectivity index (χ4n) is 2.40. The van der Waals surface area contributed by atoms with Gasteiger partial charge < -0.3 is 10.1 Å². The molecule has 0 spiro atoms. The Hall–Kier alpha value is -2.89. The number of nitrogens with one attached hydrogen (secondary N) is 1. The summed E-state index contributed by atoms with van der Waals surface area (Å²) in [5.41, 5.74) is 1.02. The molecule has 6 heteroatoms. The molecule has 3 rings (SSSR count). The summed E-state index contributed by atoms with van der Waals surface area (Å²) in [6.07, 6.45) is 3.42. The molecule has 0 aliphatic carbocycles. The van der Waals surface area contributed by atoms with E-state index in [2.05, 4.69) is 15.4 Å². The average molecular weight is 310 g/mol. The molecular formula is C17H18N4O2. The Kier molecular flexibility index (Phi) is 4.23. The minimum atomic E-state index is -0.259. The number of fused-ring (bicyclic) bond motifs is 1. The second-order valence-corrected chi connectivity index (χ2v) is 5.33. The van der Waals surface area contributed by atoms with E-state index < -0.39 is 0 Å². The maximum Gasteiger partial charge on any atom is 0.230 e. The van der Waals surface area contributed by atoms with E-state index in [0.29, 0.717) is 18.1 Å². The summed E-state index contributed by atoms with van der Waals surface area (Å²) >= 11 is 0. The van der Waals surface area contributed by atoms with Gasteiger partial charge in [0.1, 0.15) is 0 Å². The summed E-state index contributed by atoms with van der Waals surface area (Å²) in [7, 11) is 1.55. The summed E-state index contributed by atoms with van der Waals surface area (Å²) in [5, 5.41) is 8.22. The van der Waals surface area contributed by atoms with Crippen molar-refractivity contribution >= 4 is 22.6 Å². The molecule has 6 nitrogen and oxygen atoms in total. The second-order valence-electron chi connectivity index (χ2n) is 5.33. The summed E-state index contributed by atoms with van der Waals surface area (Å²) in [5.74, 6) is 0.585. The molecule has 0 aliphatic heterocycles. The van der Waals surface area contributed by atoms with Crippen LogP contribution in [0.4, 0.5) is 5.82 Å². The van der Waals surface area contributed by atoms with Crippen molar-refractivity contribution < 1.29 is 9.53 Å². The minimum Gasteiger partial charge on any atom is -0.493 e. The molecule has 1 N–H and O–H groups in total. The van der Waals surface area contributed by atoms with Gasteiger partial charge in [-0.2, -0.15) is 5.10 Å². The standard InChI is InChI=1S/C17H18N4O2/c1-12(11-21-14-7-4-3-6-13(14)10-19-21)17(22)20-16-15(23-2)8-5-9-18-16/h3-10,12H,11H2,1-2H3,(H,18,20,22)/t12-/m0/s1. The van der Waals surface area contributed by atoms with E-state index in [9.17, 15) is 4.79 Å². The molecule has 0 unspecified atom stereocenters. The van der Waals surface area contributed by atoms with Crippen molar-refractivity contribution in [2.24, 2.45) is 5.92 Å². The van der Waals surface area contributed by atoms with Crippen molar-refractivity contribution in [3.05, 3.63) is 48.8 Å². The number of pyridine rings is 1. The maximum absolute atomic E-state index is 12.4. The average Bonchev–Trinajstić information content (AvgIpc) is 2.98. The molecule has 0 saturated carbocycles. The van der Waals surface area contributed by atoms with Crippen LogP contribution in [0.1, 0.15) is 6.92 Å². The van der Waals surface area contributed by atoms with Crippen molar-refractivity contribution in [1.29, 1.82) is 0 Å². The number of nitrogens with zero attached hydrogens (tertiary/aromatic N) is 3. The number of anilines is 1. The predicted molar refractivity (Wildman–Crippen MR) is 88.3 cm³/mol. The molecule has 1 amide bonds. The zero-order valence-electron chi connectivity index (χ0n) is 13.1. The van der Waals surface area contributed by atoms with E-state index in [1.807, 2.05) is 42.1 Å². The molecule has 23 heavy (non-hydrogen) atoms. The molecule has 0 bridgehead atoms. The Morgan fingerprint density at radius 2 is 2.13 bits per heavy atom. The largest absolute Gasteiger partial charge is 0.493 e. The number of rotatable bonds is 5. The van der Waals surface area contributed by atoms with Gasteiger partial charge in [-0.05, 0) is 18.2 Å². The summed E-state index contributed by atoms with van der Waals surface area (Å²) in [6, 6.07) is 11.4. The van der Waals surface area contributed by atoms with E-state index in [-0.39, 0.29) is 11.8 Å². The lowest BCUT2D eigenvalue weighted by Crippen LogP contribution is -2.25. The number of benzene rings is 1. The van der Waals surface area contributed by atoms with Crippen LogP contribution in [0.25, 0.3) is 10.9 Å². The molecule has 1 aromatic carbocycles. The first-order chi connectivity index (χ1) is 11.2. The van der Waals surface area contributed by atoms with E-state index in [1.54, 1.807) is 25.4 Å². The van der Waals surface area contributed by atoms with Gasteiger partial charge in [0.2, 0.25) is 5.91 Å². The van der Waals surface area contributed by atoms with Crippen LogP contribution < -0.4 is 10.1 Å². The Balaban J connectivity index is 1.73. The summed E-state index contributed by atoms with van der Waals surface area (Å²) < 4.78 is 7.04. The Morgan fingerprint density at radius 1 is 1.30 bits per heavy atom. The van der Waals surface area contributed by atoms with Crippen molar-refractivity contribution in [3.8, 4) is 5.75 Å². The van der Waals surface area contributed by atoms with Gasteiger partial charge in [-0.15, -0.1) is 0 Å². The van der Waals surface area contributed by atoms with E-state index in [1.165, 1.54) is 0 Å². The monoisotopic (exact) mass is 310 g/mol. The molecule has 2 heterocycles. The smallest absolute Gasteiger partial charge is 0.230 e. The molecule has 0 saturated heterocycles. The lowest BCUT2D eigenvalue weighted by atomic mass is 10.1. The third-order valence-electron chi connectivity index (χ3n) is 3.68. The molecule has 118 valence electrons. The van der Waals surface area contributed by atoms with Crippen LogP contribution in [0.2, 0.25) is 0 Å². The molecular weight excluding hydrogens is 292 g/mol. The minimum absolute atomic E-state index is 0.124. The topological polar surface area (TPSA) is 69.0 Å². The number of amides is 1. The lowest BCUT2D eigenvalue weighted by molar-refractivity contribution is -0.119. The summed E-state index contributed by atoms with van der Waals surface area (Å²) in [4.78, 5) is 16.5. The fourth-order valence-corrected chi connectivity index (χ4v) is 2.40. The van der Waals surface area contributed by atoms with Crippen LogP contribution in [0.3, 0.4) is 0 Å². The van der Waals surface area contributed by atoms with Crippen LogP contribution in [-0.2, 0) is 11.3 Å². The molecule has 1 atom stereocenters. The van der Waals surface area contributed by atoms with Gasteiger partial charge in [0.05, 0.1) is 31.3 Å². The Bertz CT molecular complexity index is 828. The molecule has 2 aromatic heterocycles. The van der Waals surface area contributed by atoms with Crippen molar-refractivity contribution in [1.82, 2.24) is 14.8 Å². The maximum atomic E-state index is 12.4. The van der Waals surface area contributed by atoms with Crippen LogP contribution in [0.5, 0.6) is 5.75 Å². The zero-order chi connectivity index (χ0) is 16.2. The first-order valence-corrected chi connectivity index (χ1v) is 7.39. The molecule has 0 radical (unpaired) electrons. The van der Waals surface area contributed by atoms with Crippen LogP contribution in [-0.4, -0.2) is 27.8 Å². The first-order valence-electron chi connectivity index (χ1n) is 7.39. The number of hydrogen-bond acceptors (Lipinski definition) is 4. The highest BCUT2D eigenvalue weighted by atomic mass is 16.5. The quantitative estimate of drug-likeness (QED) is 0.786. The number of para-hydroxylation sites is 1. The van der Waals surface area contributed by atoms with Gasteiger partial charge in [-0.25, -0.2) is 4.98 Å². The molecule has 3 aromatic rings. The zero-order valence-corrected chi connectivity index (χ0v) is 13.1. The van der Waals surface area contributed by atoms with Gasteiger partial charge >= 0.3 is 0 Å². The normalized spacial score (nSPS) is 12.1. The second kappa shape index (κ2) is 6.48. The van der Waals surface area contributed by atoms with E-state index in [0.717, 1.165) is 10.9 Å². The van der Waals surface area contributed by atoms with Crippen LogP contribution >= 0.6 is 0 Å². The summed E-state index contributed by atoms with van der Waals surface area (Å²) in [6.45, 7) is 2.36. The lowest BCUT2D eigenvalue weighted by Gasteiger charge is -2.14. The van der Waals surface area contributed by atoms with Gasteiger partial charge in [0.15, 0.2) is 11.6 Å². The van der Waals surface area contributed by atoms with Crippen LogP contribution in [0, 0.1) is 5.92 Å². The number of hydrogen-bond donors (Lipinski definition) is 1. The van der Waals surface area contributed by atoms with Gasteiger partial charge in [-0.1, -0.05) is 25.1 Å². The number of carbonyl (C=O) groups is 1. The first kappa shape index (κ1) is 15.0. The van der Waals surface area contributed by atoms with E-state index in [4.69, 9.17) is 4.74 Å². The Morgan fingerprint density at radius 3 is 2.96 bits per heavy atom. The van der Waals surface area contributed by atoms with Crippen LogP contribution in [0.15, 0.2) is 48.8 Å². The highest BCUT2D eigenvalue weighted by Gasteiger charge is 2.17. The van der Waals surface area contributed by atoms with Gasteiger partial charge in [0, 0.05) is 11.6 Å². The Labute approximate surface area is 134 Å². The predicted octanol–water partition coefficient (Wildman–Crippen LogP) is 2.71. The molecule has 0 fully saturated rings. The van der Waals surface area contributed by atoms with Crippen molar-refractivity contribution in [2.45, 2.75) is 13.5 Å². The third kappa shape index (κ3) is 3.15. The number of methoxy groups -OCH3 is 1. The highest BCUT2D eigenvalue weighted by Crippen LogP contribution is 2.21. The number of ether oxygens (including phenoxy) is 1. The third-order valence-corrected chi connectivity index (χ3v) is 3.68. The van der Waals surface area contributed by atoms with Crippen molar-refractivity contribution in [3.63, 3.8) is 0 Å². The fraction of sp³-hybridized carbons (Fsp3) is 0.235. The van der Waals surface area contributed by atoms with E-state index >= 15 is 0 Å². The van der Waals surface area contributed by atoms with Gasteiger partial charge in [-0.3, -0.25) is 9.48 Å². The van der Waals surface area contributed by atoms with Gasteiger partial charge in [0.25, 0.3) is 0 Å². The number of aromatic nitrogens is 3. The SMILES string of the molecule is COc1cccnc1NC(=O)[C@@H](C)Cn1ncc2ccccc21. The van der Waals surface area contributed by atoms with Crippen molar-refractivity contribution in [2.75, 3.05) is 12.4 Å².